The summed E-state index contributed by atoms with van der Waals surface area (Å²) in [5.41, 5.74) is 0. The van der Waals surface area contributed by atoms with Crippen LogP contribution < -0.4 is 0 Å². The molecule has 6 heteroatoms. The Morgan fingerprint density at radius 3 is 0.667 bits per heavy atom. The van der Waals surface area contributed by atoms with Gasteiger partial charge in [0.05, 0.1) is 19.5 Å². The van der Waals surface area contributed by atoms with Crippen LogP contribution in [0.3, 0.4) is 0 Å². The fourth-order valence-electron chi connectivity index (χ4n) is 4.04. The molecule has 1 aliphatic heterocycles. The Balaban J connectivity index is 1.17. The normalized spacial score (nSPS) is 15.4. The predicted molar refractivity (Wildman–Crippen MR) is 194 cm³/mol. The molecule has 0 amide bonds. The molecular formula is C36H20S6. The van der Waals surface area contributed by atoms with Gasteiger partial charge in [-0.3, -0.25) is 0 Å². The Morgan fingerprint density at radius 1 is 0.238 bits per heavy atom. The molecule has 12 bridgehead atoms. The molecule has 0 aliphatic carbocycles. The first-order chi connectivity index (χ1) is 20.7. The van der Waals surface area contributed by atoms with Crippen LogP contribution >= 0.6 is 68.0 Å². The number of fused-ring (bicyclic) bond motifs is 12. The Morgan fingerprint density at radius 2 is 0.429 bits per heavy atom. The monoisotopic (exact) mass is 644 g/mol. The van der Waals surface area contributed by atoms with E-state index in [0.29, 0.717) is 0 Å². The molecule has 6 aromatic rings. The van der Waals surface area contributed by atoms with Crippen molar-refractivity contribution in [1.29, 1.82) is 0 Å². The highest BCUT2D eigenvalue weighted by molar-refractivity contribution is 7.16. The van der Waals surface area contributed by atoms with Crippen LogP contribution in [0.5, 0.6) is 0 Å². The third kappa shape index (κ3) is 7.01. The summed E-state index contributed by atoms with van der Waals surface area (Å²) in [5, 5.41) is 0. The van der Waals surface area contributed by atoms with Crippen LogP contribution in [-0.2, 0) is 0 Å². The lowest BCUT2D eigenvalue weighted by Crippen LogP contribution is -1.62. The van der Waals surface area contributed by atoms with E-state index in [9.17, 15) is 0 Å². The van der Waals surface area contributed by atoms with Crippen molar-refractivity contribution in [3.05, 3.63) is 131 Å². The van der Waals surface area contributed by atoms with Crippen LogP contribution in [-0.4, -0.2) is 0 Å². The minimum atomic E-state index is 1.07. The third-order valence-corrected chi connectivity index (χ3v) is 12.0. The lowest BCUT2D eigenvalue weighted by atomic mass is 10.3. The second-order valence-electron chi connectivity index (χ2n) is 9.12. The summed E-state index contributed by atoms with van der Waals surface area (Å²) in [6.45, 7) is 0. The van der Waals surface area contributed by atoms with Crippen molar-refractivity contribution >= 4 is 117 Å². The minimum absolute atomic E-state index is 1.07. The van der Waals surface area contributed by atoms with Crippen molar-refractivity contribution in [1.82, 2.24) is 0 Å². The number of thiophene rings is 6. The van der Waals surface area contributed by atoms with Crippen LogP contribution in [0.1, 0.15) is 58.5 Å². The molecule has 0 fully saturated rings. The number of hydrogen-bond acceptors (Lipinski definition) is 6. The third-order valence-electron chi connectivity index (χ3n) is 6.07. The predicted octanol–water partition coefficient (Wildman–Crippen LogP) is 11.9. The Bertz CT molecular complexity index is 1960. The van der Waals surface area contributed by atoms with E-state index < -0.39 is 0 Å². The molecule has 0 atom stereocenters. The molecule has 1 aliphatic rings. The van der Waals surface area contributed by atoms with Gasteiger partial charge in [0.1, 0.15) is 0 Å². The van der Waals surface area contributed by atoms with Gasteiger partial charge >= 0.3 is 0 Å². The topological polar surface area (TPSA) is 0 Å². The van der Waals surface area contributed by atoms with E-state index in [1.54, 1.807) is 68.0 Å². The van der Waals surface area contributed by atoms with Crippen molar-refractivity contribution in [3.63, 3.8) is 0 Å². The number of rotatable bonds is 0. The first kappa shape index (κ1) is 27.1. The molecule has 42 heavy (non-hydrogen) atoms. The minimum Gasteiger partial charge on any atom is -0.137 e. The fraction of sp³-hybridized carbons (Fsp3) is 0. The summed E-state index contributed by atoms with van der Waals surface area (Å²) in [6.07, 6.45) is 17.5. The van der Waals surface area contributed by atoms with Gasteiger partial charge in [-0.2, -0.15) is 0 Å². The summed E-state index contributed by atoms with van der Waals surface area (Å²) >= 11 is 10.5. The van der Waals surface area contributed by atoms with Gasteiger partial charge < -0.3 is 0 Å². The summed E-state index contributed by atoms with van der Waals surface area (Å²) < 4.78 is 0. The van der Waals surface area contributed by atoms with Gasteiger partial charge in [0.2, 0.25) is 0 Å². The zero-order chi connectivity index (χ0) is 28.1. The van der Waals surface area contributed by atoms with Gasteiger partial charge in [-0.1, -0.05) is 0 Å². The molecule has 200 valence electrons. The van der Waals surface area contributed by atoms with E-state index in [-0.39, 0.29) is 0 Å². The Hall–Kier alpha value is -3.72. The van der Waals surface area contributed by atoms with E-state index in [1.165, 1.54) is 39.0 Å². The van der Waals surface area contributed by atoms with Gasteiger partial charge in [0, 0.05) is 39.0 Å². The number of hydrogen-bond donors (Lipinski definition) is 0. The van der Waals surface area contributed by atoms with E-state index in [2.05, 4.69) is 145 Å². The van der Waals surface area contributed by atoms with Gasteiger partial charge in [-0.15, -0.1) is 68.0 Å². The first-order valence-corrected chi connectivity index (χ1v) is 18.0. The zero-order valence-corrected chi connectivity index (χ0v) is 26.9. The second kappa shape index (κ2) is 12.7. The quantitative estimate of drug-likeness (QED) is 0.144. The molecule has 7 rings (SSSR count). The summed E-state index contributed by atoms with van der Waals surface area (Å²) in [5.74, 6) is 13.4. The maximum atomic E-state index is 3.34. The maximum Gasteiger partial charge on any atom is 0.0778 e. The van der Waals surface area contributed by atoms with E-state index in [1.807, 2.05) is 0 Å². The Kier molecular flexibility index (Phi) is 8.17. The molecular weight excluding hydrogens is 625 g/mol. The summed E-state index contributed by atoms with van der Waals surface area (Å²) in [7, 11) is 0. The SMILES string of the molecule is C1#Cc2ccc(s2)/C=C\c2ccc(s2)/C=C/c2ccc(s2)/C=C\c2ccc(s2)C#Cc2ccc(s2)/C=C\c2ccc1s2. The Labute approximate surface area is 269 Å². The molecule has 0 N–H and O–H groups in total. The molecule has 0 spiro atoms. The van der Waals surface area contributed by atoms with Gasteiger partial charge in [0.15, 0.2) is 0 Å². The van der Waals surface area contributed by atoms with Crippen LogP contribution in [0, 0.1) is 23.7 Å². The largest absolute Gasteiger partial charge is 0.137 e. The summed E-state index contributed by atoms with van der Waals surface area (Å²) in [6, 6.07) is 25.7. The molecule has 0 nitrogen and oxygen atoms in total. The second-order valence-corrected chi connectivity index (χ2v) is 15.9. The van der Waals surface area contributed by atoms with Crippen LogP contribution in [0.25, 0.3) is 48.6 Å². The maximum absolute atomic E-state index is 3.34. The molecule has 0 aromatic carbocycles. The molecule has 6 aromatic heterocycles. The van der Waals surface area contributed by atoms with Gasteiger partial charge in [-0.25, -0.2) is 0 Å². The van der Waals surface area contributed by atoms with E-state index >= 15 is 0 Å². The van der Waals surface area contributed by atoms with Gasteiger partial charge in [-0.05, 0) is 145 Å². The zero-order valence-electron chi connectivity index (χ0n) is 22.0. The summed E-state index contributed by atoms with van der Waals surface area (Å²) in [4.78, 5) is 14.1. The fourth-order valence-corrected chi connectivity index (χ4v) is 8.73. The molecule has 0 unspecified atom stereocenters. The van der Waals surface area contributed by atoms with Crippen molar-refractivity contribution in [2.75, 3.05) is 0 Å². The standard InChI is InChI=1S/C36H20S6/c1-2-26-15-16-28-5-6-30(39-28)19-20-32-9-10-34(41-32)23-24-36-12-11-35(42-36)22-21-33-8-7-31(40-33)18-17-29-4-3-27(38-29)14-13-25(1)37-26/h1-18,23-24H/b14-13+,16-15-,18-17-,24-23-,25-13?,26-15?,27-14?,28-16?,29-17?,31-18?,34-23?,36-24?. The lowest BCUT2D eigenvalue weighted by Gasteiger charge is -1.87. The lowest BCUT2D eigenvalue weighted by molar-refractivity contribution is 1.87. The average molecular weight is 645 g/mol. The highest BCUT2D eigenvalue weighted by Gasteiger charge is 2.01. The van der Waals surface area contributed by atoms with Crippen LogP contribution in [0.15, 0.2) is 72.8 Å². The molecule has 7 heterocycles. The van der Waals surface area contributed by atoms with Crippen molar-refractivity contribution in [2.45, 2.75) is 0 Å². The first-order valence-electron chi connectivity index (χ1n) is 13.1. The molecule has 0 saturated heterocycles. The van der Waals surface area contributed by atoms with Crippen LogP contribution in [0.4, 0.5) is 0 Å². The van der Waals surface area contributed by atoms with Crippen molar-refractivity contribution < 1.29 is 0 Å². The highest BCUT2D eigenvalue weighted by Crippen LogP contribution is 2.27. The van der Waals surface area contributed by atoms with Crippen molar-refractivity contribution in [2.24, 2.45) is 0 Å². The highest BCUT2D eigenvalue weighted by atomic mass is 32.1. The van der Waals surface area contributed by atoms with E-state index in [4.69, 9.17) is 0 Å². The van der Waals surface area contributed by atoms with E-state index in [0.717, 1.165) is 19.5 Å². The van der Waals surface area contributed by atoms with Gasteiger partial charge in [0.25, 0.3) is 0 Å². The average Bonchev–Trinajstić information content (AvgIpc) is 3.84. The molecule has 0 radical (unpaired) electrons. The smallest absolute Gasteiger partial charge is 0.0778 e. The van der Waals surface area contributed by atoms with Crippen LogP contribution in [0.2, 0.25) is 0 Å². The van der Waals surface area contributed by atoms with Crippen molar-refractivity contribution in [3.8, 4) is 23.7 Å². The molecule has 0 saturated carbocycles.